The minimum atomic E-state index is -4.57. The van der Waals surface area contributed by atoms with E-state index in [1.165, 1.54) is 12.1 Å². The second-order valence-electron chi connectivity index (χ2n) is 11.6. The van der Waals surface area contributed by atoms with E-state index < -0.39 is 22.7 Å². The van der Waals surface area contributed by atoms with Gasteiger partial charge in [-0.25, -0.2) is 8.51 Å². The Kier molecular flexibility index (Phi) is 10.7. The van der Waals surface area contributed by atoms with Crippen LogP contribution in [0.4, 0.5) is 18.0 Å². The average Bonchev–Trinajstić information content (AvgIpc) is 3.59. The van der Waals surface area contributed by atoms with Crippen LogP contribution in [0.25, 0.3) is 11.3 Å². The van der Waals surface area contributed by atoms with Gasteiger partial charge in [0, 0.05) is 87.8 Å². The monoisotopic (exact) mass is 654 g/mol. The van der Waals surface area contributed by atoms with Crippen LogP contribution in [0.2, 0.25) is 0 Å². The lowest BCUT2D eigenvalue weighted by molar-refractivity contribution is -0.138. The molecule has 1 N–H and O–H groups in total. The molecule has 1 aromatic heterocycles. The molecule has 5 rings (SSSR count). The summed E-state index contributed by atoms with van der Waals surface area (Å²) in [6.45, 7) is 6.93. The molecule has 2 fully saturated rings. The molecule has 2 amide bonds. The maximum atomic E-state index is 13.9. The van der Waals surface area contributed by atoms with Crippen LogP contribution in [-0.4, -0.2) is 90.0 Å². The van der Waals surface area contributed by atoms with Gasteiger partial charge < -0.3 is 15.1 Å². The number of hydrogen-bond donors (Lipinski definition) is 1. The van der Waals surface area contributed by atoms with Gasteiger partial charge in [0.1, 0.15) is 0 Å². The molecule has 0 bridgehead atoms. The van der Waals surface area contributed by atoms with Crippen LogP contribution in [0.15, 0.2) is 18.2 Å². The van der Waals surface area contributed by atoms with Crippen molar-refractivity contribution in [3.8, 4) is 11.3 Å². The number of likely N-dealkylation sites (tertiary alicyclic amines) is 2. The summed E-state index contributed by atoms with van der Waals surface area (Å²) < 4.78 is 57.8. The molecule has 44 heavy (non-hydrogen) atoms. The molecule has 1 aromatic carbocycles. The van der Waals surface area contributed by atoms with E-state index in [-0.39, 0.29) is 23.3 Å². The second-order valence-corrected chi connectivity index (χ2v) is 14.2. The van der Waals surface area contributed by atoms with Crippen molar-refractivity contribution >= 4 is 33.9 Å². The van der Waals surface area contributed by atoms with E-state index >= 15 is 0 Å². The van der Waals surface area contributed by atoms with Crippen LogP contribution in [0.5, 0.6) is 0 Å². The molecule has 0 radical (unpaired) electrons. The summed E-state index contributed by atoms with van der Waals surface area (Å²) in [7, 11) is -1.19. The van der Waals surface area contributed by atoms with Crippen molar-refractivity contribution in [3.05, 3.63) is 40.6 Å². The molecule has 9 nitrogen and oxygen atoms in total. The van der Waals surface area contributed by atoms with Crippen molar-refractivity contribution in [2.75, 3.05) is 44.7 Å². The lowest BCUT2D eigenvalue weighted by Crippen LogP contribution is -2.45. The third-order valence-corrected chi connectivity index (χ3v) is 10.5. The number of thioether (sulfide) groups is 1. The third-order valence-electron chi connectivity index (χ3n) is 8.80. The Hall–Kier alpha value is -2.42. The first-order valence-corrected chi connectivity index (χ1v) is 17.8. The molecule has 3 aliphatic heterocycles. The standard InChI is InChI=1S/C30H41F3N6O3S2/c1-3-43-29(41)34-19-22-18-21(7-8-25(22)30(31,32)33)28-24-20-37(44(2)42)17-11-26(24)39(35-28)14-5-12-36-15-9-23(10-16-36)38-13-4-6-27(38)40/h7-8,18,23H,3-6,9-17,19-20H2,1-2H3,(H,34,41). The normalized spacial score (nSPS) is 19.4. The van der Waals surface area contributed by atoms with Crippen LogP contribution in [0.1, 0.15) is 61.4 Å². The Morgan fingerprint density at radius 3 is 2.57 bits per heavy atom. The van der Waals surface area contributed by atoms with Crippen molar-refractivity contribution in [1.82, 2.24) is 29.2 Å². The Morgan fingerprint density at radius 1 is 1.14 bits per heavy atom. The molecular formula is C30H41F3N6O3S2. The third kappa shape index (κ3) is 7.68. The number of nitrogens with one attached hydrogen (secondary N) is 1. The highest BCUT2D eigenvalue weighted by molar-refractivity contribution is 8.13. The lowest BCUT2D eigenvalue weighted by atomic mass is 9.97. The number of halogens is 3. The van der Waals surface area contributed by atoms with Crippen molar-refractivity contribution in [1.29, 1.82) is 0 Å². The number of piperidine rings is 1. The van der Waals surface area contributed by atoms with E-state index in [1.807, 2.05) is 8.99 Å². The summed E-state index contributed by atoms with van der Waals surface area (Å²) in [6.07, 6.45) is 2.19. The van der Waals surface area contributed by atoms with Crippen LogP contribution < -0.4 is 5.32 Å². The summed E-state index contributed by atoms with van der Waals surface area (Å²) in [6, 6.07) is 4.33. The molecular weight excluding hydrogens is 613 g/mol. The zero-order valence-corrected chi connectivity index (χ0v) is 27.0. The molecule has 0 aliphatic carbocycles. The maximum Gasteiger partial charge on any atom is 0.416 e. The Bertz CT molecular complexity index is 1380. The molecule has 242 valence electrons. The number of carbonyl (C=O) groups is 2. The van der Waals surface area contributed by atoms with Gasteiger partial charge in [0.15, 0.2) is 0 Å². The van der Waals surface area contributed by atoms with E-state index in [2.05, 4.69) is 15.1 Å². The molecule has 1 unspecified atom stereocenters. The molecule has 0 saturated carbocycles. The number of aryl methyl sites for hydroxylation is 1. The van der Waals surface area contributed by atoms with Crippen molar-refractivity contribution < 1.29 is 27.0 Å². The zero-order chi connectivity index (χ0) is 31.4. The maximum absolute atomic E-state index is 13.9. The van der Waals surface area contributed by atoms with Crippen molar-refractivity contribution in [3.63, 3.8) is 0 Å². The van der Waals surface area contributed by atoms with Gasteiger partial charge in [0.25, 0.3) is 5.24 Å². The summed E-state index contributed by atoms with van der Waals surface area (Å²) >= 11 is 1.01. The average molecular weight is 655 g/mol. The number of rotatable bonds is 10. The minimum absolute atomic E-state index is 0.0193. The van der Waals surface area contributed by atoms with E-state index in [9.17, 15) is 27.0 Å². The molecule has 2 saturated heterocycles. The summed E-state index contributed by atoms with van der Waals surface area (Å²) in [5, 5.41) is 7.14. The highest BCUT2D eigenvalue weighted by Gasteiger charge is 2.35. The van der Waals surface area contributed by atoms with Gasteiger partial charge in [0.2, 0.25) is 5.91 Å². The minimum Gasteiger partial charge on any atom is -0.343 e. The van der Waals surface area contributed by atoms with Crippen molar-refractivity contribution in [2.24, 2.45) is 0 Å². The summed E-state index contributed by atoms with van der Waals surface area (Å²) in [4.78, 5) is 28.7. The fourth-order valence-corrected chi connectivity index (χ4v) is 7.67. The first-order chi connectivity index (χ1) is 21.0. The highest BCUT2D eigenvalue weighted by atomic mass is 32.2. The van der Waals surface area contributed by atoms with Crippen molar-refractivity contribution in [2.45, 2.75) is 77.3 Å². The number of fused-ring (bicyclic) bond motifs is 1. The number of amides is 2. The largest absolute Gasteiger partial charge is 0.416 e. The zero-order valence-electron chi connectivity index (χ0n) is 25.3. The lowest BCUT2D eigenvalue weighted by Gasteiger charge is -2.36. The number of aromatic nitrogens is 2. The van der Waals surface area contributed by atoms with Gasteiger partial charge in [-0.05, 0) is 55.7 Å². The van der Waals surface area contributed by atoms with Crippen LogP contribution >= 0.6 is 11.8 Å². The summed E-state index contributed by atoms with van der Waals surface area (Å²) in [5.41, 5.74) is 2.25. The van der Waals surface area contributed by atoms with Gasteiger partial charge in [-0.15, -0.1) is 0 Å². The SMILES string of the molecule is CCSC(=O)NCc1cc(-c2nn(CCCN3CCC(N4CCCC4=O)CC3)c3c2CN(S(C)=O)CC3)ccc1C(F)(F)F. The predicted molar refractivity (Wildman–Crippen MR) is 166 cm³/mol. The fraction of sp³-hybridized carbons (Fsp3) is 0.633. The number of hydrogen-bond acceptors (Lipinski definition) is 6. The molecule has 4 heterocycles. The van der Waals surface area contributed by atoms with Crippen LogP contribution in [0, 0.1) is 0 Å². The van der Waals surface area contributed by atoms with E-state index in [1.54, 1.807) is 13.2 Å². The first kappa shape index (κ1) is 33.0. The van der Waals surface area contributed by atoms with E-state index in [0.717, 1.165) is 80.9 Å². The summed E-state index contributed by atoms with van der Waals surface area (Å²) in [5.74, 6) is 0.808. The topological polar surface area (TPSA) is 90.8 Å². The number of carbonyl (C=O) groups excluding carboxylic acids is 2. The van der Waals surface area contributed by atoms with Crippen LogP contribution in [-0.2, 0) is 48.0 Å². The van der Waals surface area contributed by atoms with E-state index in [0.29, 0.717) is 55.5 Å². The molecule has 0 spiro atoms. The Balaban J connectivity index is 1.32. The predicted octanol–water partition coefficient (Wildman–Crippen LogP) is 4.66. The first-order valence-electron chi connectivity index (χ1n) is 15.3. The number of alkyl halides is 3. The van der Waals surface area contributed by atoms with Gasteiger partial charge in [-0.1, -0.05) is 24.8 Å². The Morgan fingerprint density at radius 2 is 1.91 bits per heavy atom. The van der Waals surface area contributed by atoms with Crippen LogP contribution in [0.3, 0.4) is 0 Å². The Labute approximate surface area is 263 Å². The quantitative estimate of drug-likeness (QED) is 0.401. The molecule has 1 atom stereocenters. The van der Waals surface area contributed by atoms with Gasteiger partial charge in [-0.2, -0.15) is 18.3 Å². The number of nitrogens with zero attached hydrogens (tertiary/aromatic N) is 5. The smallest absolute Gasteiger partial charge is 0.343 e. The van der Waals surface area contributed by atoms with E-state index in [4.69, 9.17) is 5.10 Å². The van der Waals surface area contributed by atoms with Gasteiger partial charge >= 0.3 is 6.18 Å². The van der Waals surface area contributed by atoms with Gasteiger partial charge in [0.05, 0.1) is 22.2 Å². The highest BCUT2D eigenvalue weighted by Crippen LogP contribution is 2.37. The number of benzene rings is 1. The molecule has 2 aromatic rings. The molecule has 3 aliphatic rings. The second kappa shape index (κ2) is 14.3. The van der Waals surface area contributed by atoms with Gasteiger partial charge in [-0.3, -0.25) is 14.3 Å². The molecule has 14 heteroatoms. The fourth-order valence-electron chi connectivity index (χ4n) is 6.57.